The smallest absolute Gasteiger partial charge is 0.230 e. The van der Waals surface area contributed by atoms with Crippen molar-refractivity contribution in [2.75, 3.05) is 67.0 Å². The van der Waals surface area contributed by atoms with Gasteiger partial charge in [-0.3, -0.25) is 19.5 Å². The highest BCUT2D eigenvalue weighted by Gasteiger charge is 2.42. The molecule has 9 heteroatoms. The van der Waals surface area contributed by atoms with Crippen molar-refractivity contribution >= 4 is 41.8 Å². The van der Waals surface area contributed by atoms with Gasteiger partial charge in [-0.05, 0) is 25.7 Å². The Morgan fingerprint density at radius 1 is 1.03 bits per heavy atom. The Hall–Kier alpha value is -1.10. The molecule has 0 aromatic carbocycles. The zero-order valence-electron chi connectivity index (χ0n) is 19.5. The fourth-order valence-corrected chi connectivity index (χ4v) is 4.90. The molecule has 8 nitrogen and oxygen atoms in total. The third kappa shape index (κ3) is 6.69. The van der Waals surface area contributed by atoms with Crippen molar-refractivity contribution in [3.05, 3.63) is 0 Å². The number of carbonyl (C=O) groups is 2. The second-order valence-electron chi connectivity index (χ2n) is 9.33. The van der Waals surface area contributed by atoms with Crippen LogP contribution in [0.25, 0.3) is 0 Å². The average molecular weight is 549 g/mol. The lowest BCUT2D eigenvalue weighted by molar-refractivity contribution is -0.140. The Bertz CT molecular complexity index is 623. The molecular weight excluding hydrogens is 507 g/mol. The predicted octanol–water partition coefficient (Wildman–Crippen LogP) is 1.36. The Morgan fingerprint density at radius 3 is 2.19 bits per heavy atom. The van der Waals surface area contributed by atoms with Gasteiger partial charge in [-0.15, -0.1) is 24.0 Å². The minimum atomic E-state index is -0.301. The Balaban J connectivity index is 0.00000341. The van der Waals surface area contributed by atoms with E-state index in [1.54, 1.807) is 11.9 Å². The molecule has 3 rings (SSSR count). The molecule has 0 atom stereocenters. The molecule has 0 bridgehead atoms. The van der Waals surface area contributed by atoms with E-state index < -0.39 is 0 Å². The second kappa shape index (κ2) is 12.2. The molecule has 0 aromatic heterocycles. The number of piperazine rings is 1. The molecule has 31 heavy (non-hydrogen) atoms. The van der Waals surface area contributed by atoms with E-state index in [0.717, 1.165) is 83.8 Å². The quantitative estimate of drug-likeness (QED) is 0.286. The molecule has 2 amide bonds. The largest absolute Gasteiger partial charge is 0.355 e. The van der Waals surface area contributed by atoms with Crippen molar-refractivity contribution < 1.29 is 9.59 Å². The van der Waals surface area contributed by atoms with Gasteiger partial charge in [-0.1, -0.05) is 19.3 Å². The first kappa shape index (κ1) is 26.2. The van der Waals surface area contributed by atoms with Crippen molar-refractivity contribution in [1.82, 2.24) is 25.3 Å². The number of hydrogen-bond donors (Lipinski definition) is 2. The van der Waals surface area contributed by atoms with Crippen LogP contribution >= 0.6 is 24.0 Å². The zero-order chi connectivity index (χ0) is 21.6. The van der Waals surface area contributed by atoms with Crippen LogP contribution in [0.1, 0.15) is 44.9 Å². The summed E-state index contributed by atoms with van der Waals surface area (Å²) in [6.45, 7) is 5.92. The molecule has 1 saturated heterocycles. The van der Waals surface area contributed by atoms with Crippen LogP contribution in [-0.2, 0) is 9.59 Å². The molecule has 1 aliphatic heterocycles. The molecule has 178 valence electrons. The molecule has 2 aliphatic carbocycles. The number of guanidine groups is 1. The van der Waals surface area contributed by atoms with E-state index in [2.05, 4.69) is 25.4 Å². The van der Waals surface area contributed by atoms with Gasteiger partial charge in [0.25, 0.3) is 0 Å². The lowest BCUT2D eigenvalue weighted by Gasteiger charge is -2.38. The third-order valence-electron chi connectivity index (χ3n) is 7.10. The van der Waals surface area contributed by atoms with Gasteiger partial charge in [0.1, 0.15) is 0 Å². The highest BCUT2D eigenvalue weighted by molar-refractivity contribution is 14.0. The summed E-state index contributed by atoms with van der Waals surface area (Å²) in [7, 11) is 5.46. The number of nitrogens with zero attached hydrogens (tertiary/aromatic N) is 4. The summed E-state index contributed by atoms with van der Waals surface area (Å²) in [5.41, 5.74) is -0.301. The predicted molar refractivity (Wildman–Crippen MR) is 135 cm³/mol. The molecule has 0 spiro atoms. The van der Waals surface area contributed by atoms with Gasteiger partial charge in [0.2, 0.25) is 11.8 Å². The van der Waals surface area contributed by atoms with Crippen LogP contribution in [0.3, 0.4) is 0 Å². The summed E-state index contributed by atoms with van der Waals surface area (Å²) >= 11 is 0. The van der Waals surface area contributed by atoms with E-state index in [1.807, 2.05) is 14.1 Å². The maximum atomic E-state index is 12.7. The number of hydrogen-bond acceptors (Lipinski definition) is 4. The summed E-state index contributed by atoms with van der Waals surface area (Å²) in [5, 5.41) is 6.78. The van der Waals surface area contributed by atoms with Gasteiger partial charge >= 0.3 is 0 Å². The summed E-state index contributed by atoms with van der Waals surface area (Å²) in [6, 6.07) is 0. The van der Waals surface area contributed by atoms with Crippen LogP contribution in [0.2, 0.25) is 0 Å². The fourth-order valence-electron chi connectivity index (χ4n) is 4.90. The van der Waals surface area contributed by atoms with Crippen molar-refractivity contribution in [3.8, 4) is 0 Å². The van der Waals surface area contributed by atoms with E-state index >= 15 is 0 Å². The minimum Gasteiger partial charge on any atom is -0.355 e. The fraction of sp³-hybridized carbons (Fsp3) is 0.864. The Labute approximate surface area is 204 Å². The molecule has 3 fully saturated rings. The number of rotatable bonds is 7. The first-order chi connectivity index (χ1) is 14.4. The standard InChI is InChI=1S/C22H40N6O2.HI/c1-23-21(25-17-22(9-4-5-10-22)20(30)26(2)3)24-11-12-27-13-15-28(16-14-27)19(29)18-7-6-8-18;/h18H,4-17H2,1-3H3,(H2,23,24,25);1H. The lowest BCUT2D eigenvalue weighted by Crippen LogP contribution is -2.53. The first-order valence-electron chi connectivity index (χ1n) is 11.6. The molecular formula is C22H41IN6O2. The van der Waals surface area contributed by atoms with Gasteiger partial charge in [0.05, 0.1) is 5.41 Å². The van der Waals surface area contributed by atoms with E-state index in [9.17, 15) is 9.59 Å². The van der Waals surface area contributed by atoms with Crippen molar-refractivity contribution in [1.29, 1.82) is 0 Å². The minimum absolute atomic E-state index is 0. The Morgan fingerprint density at radius 2 is 1.68 bits per heavy atom. The highest BCUT2D eigenvalue weighted by Crippen LogP contribution is 2.38. The second-order valence-corrected chi connectivity index (χ2v) is 9.33. The number of carbonyl (C=O) groups excluding carboxylic acids is 2. The summed E-state index contributed by atoms with van der Waals surface area (Å²) in [4.78, 5) is 35.6. The normalized spacial score (nSPS) is 21.8. The van der Waals surface area contributed by atoms with Crippen LogP contribution in [0.5, 0.6) is 0 Å². The summed E-state index contributed by atoms with van der Waals surface area (Å²) in [5.74, 6) is 1.65. The lowest BCUT2D eigenvalue weighted by atomic mass is 9.84. The molecule has 3 aliphatic rings. The van der Waals surface area contributed by atoms with E-state index in [-0.39, 0.29) is 35.3 Å². The van der Waals surface area contributed by atoms with Gasteiger partial charge < -0.3 is 20.4 Å². The van der Waals surface area contributed by atoms with Gasteiger partial charge in [0.15, 0.2) is 5.96 Å². The zero-order valence-corrected chi connectivity index (χ0v) is 21.8. The molecule has 0 unspecified atom stereocenters. The number of amides is 2. The topological polar surface area (TPSA) is 80.3 Å². The van der Waals surface area contributed by atoms with Gasteiger partial charge in [0, 0.05) is 72.9 Å². The van der Waals surface area contributed by atoms with E-state index in [4.69, 9.17) is 0 Å². The maximum Gasteiger partial charge on any atom is 0.230 e. The van der Waals surface area contributed by atoms with E-state index in [1.165, 1.54) is 6.42 Å². The molecule has 0 aromatic rings. The molecule has 0 radical (unpaired) electrons. The third-order valence-corrected chi connectivity index (χ3v) is 7.10. The average Bonchev–Trinajstić information content (AvgIpc) is 3.19. The van der Waals surface area contributed by atoms with Crippen molar-refractivity contribution in [3.63, 3.8) is 0 Å². The van der Waals surface area contributed by atoms with Crippen molar-refractivity contribution in [2.24, 2.45) is 16.3 Å². The van der Waals surface area contributed by atoms with Crippen LogP contribution in [0.15, 0.2) is 4.99 Å². The molecule has 2 saturated carbocycles. The number of halogens is 1. The first-order valence-corrected chi connectivity index (χ1v) is 11.6. The van der Waals surface area contributed by atoms with Crippen LogP contribution in [0.4, 0.5) is 0 Å². The molecule has 2 N–H and O–H groups in total. The van der Waals surface area contributed by atoms with Gasteiger partial charge in [-0.2, -0.15) is 0 Å². The number of nitrogens with one attached hydrogen (secondary N) is 2. The van der Waals surface area contributed by atoms with E-state index in [0.29, 0.717) is 18.4 Å². The highest BCUT2D eigenvalue weighted by atomic mass is 127. The summed E-state index contributed by atoms with van der Waals surface area (Å²) < 4.78 is 0. The Kier molecular flexibility index (Phi) is 10.3. The monoisotopic (exact) mass is 548 g/mol. The van der Waals surface area contributed by atoms with Crippen LogP contribution < -0.4 is 10.6 Å². The van der Waals surface area contributed by atoms with Gasteiger partial charge in [-0.25, -0.2) is 0 Å². The number of aliphatic imine (C=N–C) groups is 1. The van der Waals surface area contributed by atoms with Crippen LogP contribution in [0, 0.1) is 11.3 Å². The van der Waals surface area contributed by atoms with Crippen LogP contribution in [-0.4, -0.2) is 99.4 Å². The molecule has 1 heterocycles. The maximum absolute atomic E-state index is 12.7. The van der Waals surface area contributed by atoms with Crippen molar-refractivity contribution in [2.45, 2.75) is 44.9 Å². The SMILES string of the molecule is CN=C(NCCN1CCN(C(=O)C2CCC2)CC1)NCC1(C(=O)N(C)C)CCCC1.I. The summed E-state index contributed by atoms with van der Waals surface area (Å²) in [6.07, 6.45) is 7.48.